The van der Waals surface area contributed by atoms with Crippen molar-refractivity contribution < 1.29 is 4.79 Å². The van der Waals surface area contributed by atoms with Crippen molar-refractivity contribution in [1.29, 1.82) is 0 Å². The second kappa shape index (κ2) is 5.29. The molecule has 17 heavy (non-hydrogen) atoms. The Hall–Kier alpha value is -1.39. The van der Waals surface area contributed by atoms with Gasteiger partial charge in [0.05, 0.1) is 10.6 Å². The Morgan fingerprint density at radius 2 is 2.18 bits per heavy atom. The molecular formula is C12H8BrClN2O. The summed E-state index contributed by atoms with van der Waals surface area (Å²) in [6, 6.07) is 8.91. The monoisotopic (exact) mass is 310 g/mol. The summed E-state index contributed by atoms with van der Waals surface area (Å²) in [6.07, 6.45) is 2.98. The van der Waals surface area contributed by atoms with Crippen molar-refractivity contribution >= 4 is 39.1 Å². The number of rotatable bonds is 2. The minimum Gasteiger partial charge on any atom is -0.322 e. The predicted octanol–water partition coefficient (Wildman–Crippen LogP) is 3.75. The van der Waals surface area contributed by atoms with E-state index in [-0.39, 0.29) is 5.91 Å². The first-order valence-corrected chi connectivity index (χ1v) is 6.00. The van der Waals surface area contributed by atoms with Crippen LogP contribution in [0.5, 0.6) is 0 Å². The second-order valence-corrected chi connectivity index (χ2v) is 4.64. The minimum atomic E-state index is -0.277. The third-order valence-electron chi connectivity index (χ3n) is 2.09. The van der Waals surface area contributed by atoms with Crippen LogP contribution in [0.25, 0.3) is 0 Å². The maximum Gasteiger partial charge on any atom is 0.258 e. The summed E-state index contributed by atoms with van der Waals surface area (Å²) in [7, 11) is 0. The number of hydrogen-bond donors (Lipinski definition) is 1. The summed E-state index contributed by atoms with van der Waals surface area (Å²) >= 11 is 9.24. The minimum absolute atomic E-state index is 0.277. The van der Waals surface area contributed by atoms with Crippen LogP contribution >= 0.6 is 27.5 Å². The lowest BCUT2D eigenvalue weighted by Gasteiger charge is -2.06. The number of pyridine rings is 1. The van der Waals surface area contributed by atoms with E-state index in [1.54, 1.807) is 12.1 Å². The Balaban J connectivity index is 2.20. The Bertz CT molecular complexity index is 560. The van der Waals surface area contributed by atoms with Crippen LogP contribution in [-0.2, 0) is 0 Å². The summed E-state index contributed by atoms with van der Waals surface area (Å²) in [5.74, 6) is -0.277. The predicted molar refractivity (Wildman–Crippen MR) is 71.3 cm³/mol. The lowest BCUT2D eigenvalue weighted by Crippen LogP contribution is -2.12. The molecule has 0 unspecified atom stereocenters. The molecule has 0 radical (unpaired) electrons. The maximum atomic E-state index is 11.9. The number of carbonyl (C=O) groups is 1. The van der Waals surface area contributed by atoms with Gasteiger partial charge < -0.3 is 5.32 Å². The van der Waals surface area contributed by atoms with Gasteiger partial charge in [0.15, 0.2) is 0 Å². The summed E-state index contributed by atoms with van der Waals surface area (Å²) < 4.78 is 0.896. The lowest BCUT2D eigenvalue weighted by molar-refractivity contribution is 0.102. The van der Waals surface area contributed by atoms with E-state index in [1.165, 1.54) is 12.4 Å². The smallest absolute Gasteiger partial charge is 0.258 e. The molecule has 1 N–H and O–H groups in total. The zero-order valence-electron chi connectivity index (χ0n) is 8.65. The number of hydrogen-bond acceptors (Lipinski definition) is 2. The zero-order valence-corrected chi connectivity index (χ0v) is 11.0. The van der Waals surface area contributed by atoms with Crippen LogP contribution in [0.2, 0.25) is 5.02 Å². The standard InChI is InChI=1S/C12H8BrClN2O/c13-8-2-1-3-9(6-8)16-12(17)10-7-15-5-4-11(10)14/h1-7H,(H,16,17). The van der Waals surface area contributed by atoms with Crippen molar-refractivity contribution in [3.8, 4) is 0 Å². The molecule has 1 aromatic carbocycles. The van der Waals surface area contributed by atoms with Crippen molar-refractivity contribution in [3.05, 3.63) is 57.8 Å². The number of nitrogens with one attached hydrogen (secondary N) is 1. The van der Waals surface area contributed by atoms with Crippen LogP contribution in [-0.4, -0.2) is 10.9 Å². The number of anilines is 1. The molecule has 0 aliphatic rings. The fourth-order valence-corrected chi connectivity index (χ4v) is 1.90. The summed E-state index contributed by atoms with van der Waals surface area (Å²) in [4.78, 5) is 15.8. The molecule has 0 aliphatic heterocycles. The Morgan fingerprint density at radius 1 is 1.35 bits per heavy atom. The van der Waals surface area contributed by atoms with Crippen LogP contribution in [0.3, 0.4) is 0 Å². The van der Waals surface area contributed by atoms with Crippen LogP contribution in [0.4, 0.5) is 5.69 Å². The van der Waals surface area contributed by atoms with E-state index in [0.29, 0.717) is 16.3 Å². The van der Waals surface area contributed by atoms with Crippen molar-refractivity contribution in [2.75, 3.05) is 5.32 Å². The Morgan fingerprint density at radius 3 is 2.88 bits per heavy atom. The molecule has 86 valence electrons. The number of aromatic nitrogens is 1. The molecule has 1 heterocycles. The van der Waals surface area contributed by atoms with Gasteiger partial charge in [-0.25, -0.2) is 0 Å². The highest BCUT2D eigenvalue weighted by Crippen LogP contribution is 2.18. The molecule has 0 saturated carbocycles. The molecule has 0 saturated heterocycles. The summed E-state index contributed by atoms with van der Waals surface area (Å²) in [5.41, 5.74) is 1.05. The van der Waals surface area contributed by atoms with Gasteiger partial charge in [0.2, 0.25) is 0 Å². The lowest BCUT2D eigenvalue weighted by atomic mass is 10.2. The third kappa shape index (κ3) is 3.05. The first-order chi connectivity index (χ1) is 8.16. The van der Waals surface area contributed by atoms with Gasteiger partial charge in [-0.3, -0.25) is 9.78 Å². The van der Waals surface area contributed by atoms with Crippen molar-refractivity contribution in [1.82, 2.24) is 4.98 Å². The third-order valence-corrected chi connectivity index (χ3v) is 2.92. The quantitative estimate of drug-likeness (QED) is 0.918. The zero-order chi connectivity index (χ0) is 12.3. The van der Waals surface area contributed by atoms with Gasteiger partial charge >= 0.3 is 0 Å². The van der Waals surface area contributed by atoms with Crippen molar-refractivity contribution in [2.45, 2.75) is 0 Å². The largest absolute Gasteiger partial charge is 0.322 e. The normalized spacial score (nSPS) is 10.0. The van der Waals surface area contributed by atoms with Crippen LogP contribution in [0, 0.1) is 0 Å². The molecule has 0 fully saturated rings. The molecule has 0 atom stereocenters. The molecule has 0 aliphatic carbocycles. The summed E-state index contributed by atoms with van der Waals surface area (Å²) in [6.45, 7) is 0. The summed E-state index contributed by atoms with van der Waals surface area (Å²) in [5, 5.41) is 3.13. The topological polar surface area (TPSA) is 42.0 Å². The molecule has 2 aromatic rings. The van der Waals surface area contributed by atoms with Crippen LogP contribution in [0.15, 0.2) is 47.2 Å². The van der Waals surface area contributed by atoms with Gasteiger partial charge in [-0.05, 0) is 24.3 Å². The number of carbonyl (C=O) groups excluding carboxylic acids is 1. The molecule has 3 nitrogen and oxygen atoms in total. The van der Waals surface area contributed by atoms with E-state index >= 15 is 0 Å². The van der Waals surface area contributed by atoms with E-state index in [2.05, 4.69) is 26.2 Å². The highest BCUT2D eigenvalue weighted by molar-refractivity contribution is 9.10. The highest BCUT2D eigenvalue weighted by Gasteiger charge is 2.10. The van der Waals surface area contributed by atoms with E-state index in [9.17, 15) is 4.79 Å². The molecule has 5 heteroatoms. The molecular weight excluding hydrogens is 304 g/mol. The number of amides is 1. The number of halogens is 2. The second-order valence-electron chi connectivity index (χ2n) is 3.32. The van der Waals surface area contributed by atoms with Crippen molar-refractivity contribution in [2.24, 2.45) is 0 Å². The number of nitrogens with zero attached hydrogens (tertiary/aromatic N) is 1. The fourth-order valence-electron chi connectivity index (χ4n) is 1.31. The molecule has 0 bridgehead atoms. The van der Waals surface area contributed by atoms with Gasteiger partial charge in [0.1, 0.15) is 0 Å². The van der Waals surface area contributed by atoms with E-state index < -0.39 is 0 Å². The van der Waals surface area contributed by atoms with E-state index in [1.807, 2.05) is 18.2 Å². The first-order valence-electron chi connectivity index (χ1n) is 4.83. The first kappa shape index (κ1) is 12.1. The van der Waals surface area contributed by atoms with Gasteiger partial charge in [-0.15, -0.1) is 0 Å². The molecule has 0 spiro atoms. The average Bonchev–Trinajstić information content (AvgIpc) is 2.29. The van der Waals surface area contributed by atoms with E-state index in [4.69, 9.17) is 11.6 Å². The molecule has 1 amide bonds. The van der Waals surface area contributed by atoms with E-state index in [0.717, 1.165) is 4.47 Å². The highest BCUT2D eigenvalue weighted by atomic mass is 79.9. The fraction of sp³-hybridized carbons (Fsp3) is 0. The Kier molecular flexibility index (Phi) is 3.76. The van der Waals surface area contributed by atoms with Crippen molar-refractivity contribution in [3.63, 3.8) is 0 Å². The Labute approximate surface area is 112 Å². The van der Waals surface area contributed by atoms with Gasteiger partial charge in [-0.2, -0.15) is 0 Å². The van der Waals surface area contributed by atoms with Gasteiger partial charge in [0.25, 0.3) is 5.91 Å². The van der Waals surface area contributed by atoms with Gasteiger partial charge in [-0.1, -0.05) is 33.6 Å². The molecule has 2 rings (SSSR count). The maximum absolute atomic E-state index is 11.9. The van der Waals surface area contributed by atoms with Crippen LogP contribution in [0.1, 0.15) is 10.4 Å². The SMILES string of the molecule is O=C(Nc1cccc(Br)c1)c1cnccc1Cl. The number of benzene rings is 1. The average molecular weight is 312 g/mol. The van der Waals surface area contributed by atoms with Crippen LogP contribution < -0.4 is 5.32 Å². The molecule has 1 aromatic heterocycles. The van der Waals surface area contributed by atoms with Gasteiger partial charge in [0, 0.05) is 22.6 Å².